The number of nitrogens with two attached hydrogens (primary N) is 1. The largest absolute Gasteiger partial charge is 0.487 e. The van der Waals surface area contributed by atoms with Crippen LogP contribution < -0.4 is 10.5 Å². The Kier molecular flexibility index (Phi) is 4.13. The van der Waals surface area contributed by atoms with Gasteiger partial charge in [-0.15, -0.1) is 0 Å². The van der Waals surface area contributed by atoms with E-state index in [1.807, 2.05) is 25.1 Å². The molecule has 0 amide bonds. The normalized spacial score (nSPS) is 16.0. The zero-order chi connectivity index (χ0) is 14.7. The molecule has 4 nitrogen and oxygen atoms in total. The van der Waals surface area contributed by atoms with Crippen molar-refractivity contribution in [3.63, 3.8) is 0 Å². The van der Waals surface area contributed by atoms with E-state index in [1.54, 1.807) is 0 Å². The van der Waals surface area contributed by atoms with Crippen molar-refractivity contribution in [1.82, 2.24) is 9.78 Å². The second-order valence-electron chi connectivity index (χ2n) is 5.89. The zero-order valence-corrected chi connectivity index (χ0v) is 12.6. The molecule has 1 aliphatic rings. The summed E-state index contributed by atoms with van der Waals surface area (Å²) in [5, 5.41) is 4.66. The van der Waals surface area contributed by atoms with Gasteiger partial charge in [0.1, 0.15) is 12.4 Å². The van der Waals surface area contributed by atoms with Gasteiger partial charge in [-0.3, -0.25) is 4.68 Å². The van der Waals surface area contributed by atoms with Crippen LogP contribution >= 0.6 is 0 Å². The fraction of sp³-hybridized carbons (Fsp3) is 0.471. The Balaban J connectivity index is 1.61. The van der Waals surface area contributed by atoms with Crippen LogP contribution in [0.5, 0.6) is 5.75 Å². The van der Waals surface area contributed by atoms with E-state index in [1.165, 1.54) is 32.1 Å². The molecule has 21 heavy (non-hydrogen) atoms. The molecule has 4 heteroatoms. The summed E-state index contributed by atoms with van der Waals surface area (Å²) in [5.41, 5.74) is 8.55. The molecule has 1 aliphatic carbocycles. The zero-order valence-electron chi connectivity index (χ0n) is 12.6. The molecule has 1 heterocycles. The predicted molar refractivity (Wildman–Crippen MR) is 84.3 cm³/mol. The van der Waals surface area contributed by atoms with Gasteiger partial charge < -0.3 is 10.5 Å². The molecule has 0 radical (unpaired) electrons. The summed E-state index contributed by atoms with van der Waals surface area (Å²) in [6.07, 6.45) is 8.59. The van der Waals surface area contributed by atoms with Gasteiger partial charge in [0.05, 0.1) is 11.7 Å². The van der Waals surface area contributed by atoms with Gasteiger partial charge in [0.2, 0.25) is 0 Å². The van der Waals surface area contributed by atoms with Crippen molar-refractivity contribution in [2.75, 3.05) is 5.73 Å². The number of anilines is 1. The highest BCUT2D eigenvalue weighted by Crippen LogP contribution is 2.27. The Hall–Kier alpha value is -1.97. The van der Waals surface area contributed by atoms with Gasteiger partial charge in [-0.25, -0.2) is 0 Å². The van der Waals surface area contributed by atoms with Gasteiger partial charge in [0.25, 0.3) is 0 Å². The van der Waals surface area contributed by atoms with E-state index in [4.69, 9.17) is 10.5 Å². The summed E-state index contributed by atoms with van der Waals surface area (Å²) in [4.78, 5) is 0. The molecule has 0 saturated heterocycles. The molecular weight excluding hydrogens is 262 g/mol. The van der Waals surface area contributed by atoms with Crippen LogP contribution in [0, 0.1) is 6.92 Å². The second kappa shape index (κ2) is 6.20. The number of hydrogen-bond donors (Lipinski definition) is 1. The molecular formula is C17H23N3O. The van der Waals surface area contributed by atoms with Gasteiger partial charge >= 0.3 is 0 Å². The third kappa shape index (κ3) is 3.38. The third-order valence-corrected chi connectivity index (χ3v) is 4.19. The lowest BCUT2D eigenvalue weighted by Gasteiger charge is -2.21. The number of rotatable bonds is 4. The maximum absolute atomic E-state index is 5.85. The van der Waals surface area contributed by atoms with Crippen LogP contribution in [0.15, 0.2) is 30.5 Å². The van der Waals surface area contributed by atoms with Crippen LogP contribution in [-0.2, 0) is 6.61 Å². The molecule has 2 aromatic rings. The molecule has 0 spiro atoms. The monoisotopic (exact) mass is 285 g/mol. The number of aromatic nitrogens is 2. The molecule has 1 saturated carbocycles. The quantitative estimate of drug-likeness (QED) is 0.868. The first kappa shape index (κ1) is 14.0. The average molecular weight is 285 g/mol. The van der Waals surface area contributed by atoms with Crippen molar-refractivity contribution in [3.05, 3.63) is 41.7 Å². The molecule has 1 aromatic carbocycles. The minimum absolute atomic E-state index is 0.504. The number of nitrogen functional groups attached to an aromatic ring is 1. The topological polar surface area (TPSA) is 53.1 Å². The van der Waals surface area contributed by atoms with E-state index < -0.39 is 0 Å². The Labute approximate surface area is 125 Å². The highest BCUT2D eigenvalue weighted by Gasteiger charge is 2.16. The van der Waals surface area contributed by atoms with E-state index >= 15 is 0 Å². The molecule has 0 atom stereocenters. The average Bonchev–Trinajstić information content (AvgIpc) is 2.96. The molecule has 112 valence electrons. The minimum Gasteiger partial charge on any atom is -0.487 e. The van der Waals surface area contributed by atoms with Gasteiger partial charge in [0, 0.05) is 11.9 Å². The van der Waals surface area contributed by atoms with E-state index in [0.717, 1.165) is 22.7 Å². The van der Waals surface area contributed by atoms with Crippen LogP contribution in [0.25, 0.3) is 0 Å². The Morgan fingerprint density at radius 2 is 2.05 bits per heavy atom. The first-order valence-electron chi connectivity index (χ1n) is 7.75. The fourth-order valence-corrected chi connectivity index (χ4v) is 2.99. The van der Waals surface area contributed by atoms with E-state index in [2.05, 4.69) is 22.0 Å². The highest BCUT2D eigenvalue weighted by molar-refractivity contribution is 5.47. The third-order valence-electron chi connectivity index (χ3n) is 4.19. The first-order valence-corrected chi connectivity index (χ1v) is 7.75. The molecule has 1 aromatic heterocycles. The van der Waals surface area contributed by atoms with Crippen LogP contribution in [0.1, 0.15) is 49.4 Å². The predicted octanol–water partition coefficient (Wildman–Crippen LogP) is 3.86. The summed E-state index contributed by atoms with van der Waals surface area (Å²) in [5.74, 6) is 0.872. The fourth-order valence-electron chi connectivity index (χ4n) is 2.99. The van der Waals surface area contributed by atoms with Crippen molar-refractivity contribution in [3.8, 4) is 5.75 Å². The number of ether oxygens (including phenoxy) is 1. The van der Waals surface area contributed by atoms with Crippen molar-refractivity contribution >= 4 is 5.69 Å². The van der Waals surface area contributed by atoms with Crippen molar-refractivity contribution < 1.29 is 4.74 Å². The summed E-state index contributed by atoms with van der Waals surface area (Å²) >= 11 is 0. The standard InChI is InChI=1S/C17H23N3O/c1-13-11-14(18)7-8-17(13)21-12-15-9-10-20(19-15)16-5-3-2-4-6-16/h7-11,16H,2-6,12,18H2,1H3. The Morgan fingerprint density at radius 3 is 2.81 bits per heavy atom. The number of aryl methyl sites for hydroxylation is 1. The Morgan fingerprint density at radius 1 is 1.24 bits per heavy atom. The smallest absolute Gasteiger partial charge is 0.132 e. The van der Waals surface area contributed by atoms with Gasteiger partial charge in [-0.1, -0.05) is 19.3 Å². The van der Waals surface area contributed by atoms with E-state index in [0.29, 0.717) is 12.6 Å². The van der Waals surface area contributed by atoms with Crippen molar-refractivity contribution in [2.45, 2.75) is 51.7 Å². The van der Waals surface area contributed by atoms with Crippen molar-refractivity contribution in [1.29, 1.82) is 0 Å². The summed E-state index contributed by atoms with van der Waals surface area (Å²) in [7, 11) is 0. The lowest BCUT2D eigenvalue weighted by Crippen LogP contribution is -2.13. The maximum Gasteiger partial charge on any atom is 0.132 e. The second-order valence-corrected chi connectivity index (χ2v) is 5.89. The summed E-state index contributed by atoms with van der Waals surface area (Å²) in [6.45, 7) is 2.51. The van der Waals surface area contributed by atoms with Crippen LogP contribution in [0.2, 0.25) is 0 Å². The van der Waals surface area contributed by atoms with Crippen LogP contribution in [0.4, 0.5) is 5.69 Å². The van der Waals surface area contributed by atoms with E-state index in [-0.39, 0.29) is 0 Å². The summed E-state index contributed by atoms with van der Waals surface area (Å²) < 4.78 is 7.97. The number of hydrogen-bond acceptors (Lipinski definition) is 3. The SMILES string of the molecule is Cc1cc(N)ccc1OCc1ccn(C2CCCCC2)n1. The van der Waals surface area contributed by atoms with Crippen molar-refractivity contribution in [2.24, 2.45) is 0 Å². The maximum atomic E-state index is 5.85. The molecule has 0 unspecified atom stereocenters. The Bertz CT molecular complexity index is 600. The lowest BCUT2D eigenvalue weighted by molar-refractivity contribution is 0.289. The lowest BCUT2D eigenvalue weighted by atomic mass is 9.96. The molecule has 1 fully saturated rings. The van der Waals surface area contributed by atoms with Crippen LogP contribution in [-0.4, -0.2) is 9.78 Å². The van der Waals surface area contributed by atoms with Gasteiger partial charge in [0.15, 0.2) is 0 Å². The molecule has 0 aliphatic heterocycles. The van der Waals surface area contributed by atoms with Crippen LogP contribution in [0.3, 0.4) is 0 Å². The molecule has 0 bridgehead atoms. The first-order chi connectivity index (χ1) is 10.2. The summed E-state index contributed by atoms with van der Waals surface area (Å²) in [6, 6.07) is 8.34. The number of nitrogens with zero attached hydrogens (tertiary/aromatic N) is 2. The minimum atomic E-state index is 0.504. The van der Waals surface area contributed by atoms with E-state index in [9.17, 15) is 0 Å². The molecule has 3 rings (SSSR count). The number of benzene rings is 1. The van der Waals surface area contributed by atoms with Gasteiger partial charge in [-0.05, 0) is 49.6 Å². The molecule has 2 N–H and O–H groups in total. The highest BCUT2D eigenvalue weighted by atomic mass is 16.5. The van der Waals surface area contributed by atoms with Gasteiger partial charge in [-0.2, -0.15) is 5.10 Å².